The Morgan fingerprint density at radius 2 is 1.64 bits per heavy atom. The molecule has 0 aromatic heterocycles. The van der Waals surface area contributed by atoms with Crippen LogP contribution < -0.4 is 15.8 Å². The number of nitrogens with two attached hydrogens (primary N) is 1. The predicted molar refractivity (Wildman–Crippen MR) is 96.3 cm³/mol. The maximum atomic E-state index is 12.7. The van der Waals surface area contributed by atoms with Gasteiger partial charge in [0.25, 0.3) is 5.91 Å². The van der Waals surface area contributed by atoms with Crippen LogP contribution in [0.25, 0.3) is 0 Å². The van der Waals surface area contributed by atoms with Gasteiger partial charge in [-0.15, -0.1) is 0 Å². The first-order valence-corrected chi connectivity index (χ1v) is 8.08. The molecule has 0 radical (unpaired) electrons. The fourth-order valence-corrected chi connectivity index (χ4v) is 2.42. The molecule has 132 valence electrons. The molecule has 0 aliphatic heterocycles. The second-order valence-electron chi connectivity index (χ2n) is 5.58. The van der Waals surface area contributed by atoms with E-state index in [2.05, 4.69) is 5.32 Å². The zero-order valence-electron chi connectivity index (χ0n) is 14.5. The molecule has 0 aliphatic rings. The van der Waals surface area contributed by atoms with E-state index in [4.69, 9.17) is 10.5 Å². The van der Waals surface area contributed by atoms with Crippen molar-refractivity contribution in [3.8, 4) is 5.75 Å². The average molecular weight is 341 g/mol. The van der Waals surface area contributed by atoms with Crippen molar-refractivity contribution in [2.45, 2.75) is 20.0 Å². The molecule has 0 fully saturated rings. The highest BCUT2D eigenvalue weighted by molar-refractivity contribution is 5.94. The minimum atomic E-state index is -0.572. The molecule has 0 aliphatic carbocycles. The number of ether oxygens (including phenoxy) is 1. The first kappa shape index (κ1) is 18.3. The average Bonchev–Trinajstić information content (AvgIpc) is 2.64. The summed E-state index contributed by atoms with van der Waals surface area (Å²) in [5.41, 5.74) is 7.58. The largest absolute Gasteiger partial charge is 0.497 e. The number of carbonyl (C=O) groups is 2. The van der Waals surface area contributed by atoms with Gasteiger partial charge in [-0.3, -0.25) is 4.79 Å². The van der Waals surface area contributed by atoms with Crippen LogP contribution in [0.1, 0.15) is 28.4 Å². The Hall–Kier alpha value is -3.02. The van der Waals surface area contributed by atoms with Crippen molar-refractivity contribution in [2.24, 2.45) is 5.73 Å². The Morgan fingerprint density at radius 3 is 2.16 bits per heavy atom. The van der Waals surface area contributed by atoms with Gasteiger partial charge in [0, 0.05) is 25.2 Å². The van der Waals surface area contributed by atoms with Crippen LogP contribution in [-0.4, -0.2) is 30.5 Å². The first-order chi connectivity index (χ1) is 12.0. The second kappa shape index (κ2) is 8.73. The van der Waals surface area contributed by atoms with Gasteiger partial charge in [0.05, 0.1) is 7.11 Å². The number of carbonyl (C=O) groups excluding carboxylic acids is 2. The van der Waals surface area contributed by atoms with Crippen LogP contribution in [-0.2, 0) is 13.1 Å². The van der Waals surface area contributed by atoms with Gasteiger partial charge in [-0.25, -0.2) is 4.79 Å². The molecular weight excluding hydrogens is 318 g/mol. The van der Waals surface area contributed by atoms with Gasteiger partial charge >= 0.3 is 6.03 Å². The van der Waals surface area contributed by atoms with E-state index >= 15 is 0 Å². The zero-order valence-corrected chi connectivity index (χ0v) is 14.5. The van der Waals surface area contributed by atoms with Gasteiger partial charge in [-0.1, -0.05) is 24.3 Å². The standard InChI is InChI=1S/C19H23N3O3/c1-3-22(13-15-6-10-17(25-2)11-7-15)18(23)16-8-4-14(5-9-16)12-21-19(20)24/h4-11H,3,12-13H2,1-2H3,(H3,20,21,24). The second-order valence-corrected chi connectivity index (χ2v) is 5.58. The number of benzene rings is 2. The van der Waals surface area contributed by atoms with Gasteiger partial charge < -0.3 is 20.7 Å². The van der Waals surface area contributed by atoms with Crippen LogP contribution in [0.2, 0.25) is 0 Å². The highest BCUT2D eigenvalue weighted by Crippen LogP contribution is 2.15. The lowest BCUT2D eigenvalue weighted by atomic mass is 10.1. The van der Waals surface area contributed by atoms with Crippen LogP contribution in [0, 0.1) is 0 Å². The lowest BCUT2D eigenvalue weighted by Gasteiger charge is -2.21. The lowest BCUT2D eigenvalue weighted by molar-refractivity contribution is 0.0752. The predicted octanol–water partition coefficient (Wildman–Crippen LogP) is 2.53. The summed E-state index contributed by atoms with van der Waals surface area (Å²) < 4.78 is 5.15. The summed E-state index contributed by atoms with van der Waals surface area (Å²) >= 11 is 0. The Kier molecular flexibility index (Phi) is 6.39. The molecule has 6 heteroatoms. The molecule has 0 spiro atoms. The summed E-state index contributed by atoms with van der Waals surface area (Å²) in [6.07, 6.45) is 0. The molecule has 0 bridgehead atoms. The summed E-state index contributed by atoms with van der Waals surface area (Å²) in [6, 6.07) is 14.2. The molecule has 2 aromatic carbocycles. The molecule has 0 atom stereocenters. The van der Waals surface area contributed by atoms with Crippen molar-refractivity contribution in [2.75, 3.05) is 13.7 Å². The van der Waals surface area contributed by atoms with Gasteiger partial charge in [0.2, 0.25) is 0 Å². The molecule has 3 N–H and O–H groups in total. The van der Waals surface area contributed by atoms with E-state index in [0.717, 1.165) is 16.9 Å². The quantitative estimate of drug-likeness (QED) is 0.811. The van der Waals surface area contributed by atoms with Gasteiger partial charge in [0.15, 0.2) is 0 Å². The topological polar surface area (TPSA) is 84.7 Å². The Labute approximate surface area is 147 Å². The van der Waals surface area contributed by atoms with Crippen molar-refractivity contribution in [3.05, 3.63) is 65.2 Å². The van der Waals surface area contributed by atoms with Crippen molar-refractivity contribution in [1.29, 1.82) is 0 Å². The summed E-state index contributed by atoms with van der Waals surface area (Å²) in [6.45, 7) is 3.43. The smallest absolute Gasteiger partial charge is 0.312 e. The number of amides is 3. The van der Waals surface area contributed by atoms with Crippen molar-refractivity contribution in [1.82, 2.24) is 10.2 Å². The van der Waals surface area contributed by atoms with Gasteiger partial charge in [0.1, 0.15) is 5.75 Å². The molecule has 6 nitrogen and oxygen atoms in total. The summed E-state index contributed by atoms with van der Waals surface area (Å²) in [5, 5.41) is 2.52. The summed E-state index contributed by atoms with van der Waals surface area (Å²) in [5.74, 6) is 0.756. The Morgan fingerprint density at radius 1 is 1.04 bits per heavy atom. The maximum absolute atomic E-state index is 12.7. The van der Waals surface area contributed by atoms with Crippen LogP contribution in [0.5, 0.6) is 5.75 Å². The lowest BCUT2D eigenvalue weighted by Crippen LogP contribution is -2.30. The van der Waals surface area contributed by atoms with Gasteiger partial charge in [-0.05, 0) is 42.3 Å². The fraction of sp³-hybridized carbons (Fsp3) is 0.263. The number of methoxy groups -OCH3 is 1. The molecule has 25 heavy (non-hydrogen) atoms. The first-order valence-electron chi connectivity index (χ1n) is 8.08. The number of hydrogen-bond acceptors (Lipinski definition) is 3. The number of urea groups is 1. The molecule has 0 saturated carbocycles. The van der Waals surface area contributed by atoms with E-state index in [1.165, 1.54) is 0 Å². The maximum Gasteiger partial charge on any atom is 0.312 e. The highest BCUT2D eigenvalue weighted by Gasteiger charge is 2.14. The molecule has 2 aromatic rings. The minimum absolute atomic E-state index is 0.0345. The van der Waals surface area contributed by atoms with Crippen LogP contribution in [0.3, 0.4) is 0 Å². The van der Waals surface area contributed by atoms with E-state index in [0.29, 0.717) is 25.2 Å². The number of primary amides is 1. The van der Waals surface area contributed by atoms with E-state index in [9.17, 15) is 9.59 Å². The molecule has 0 heterocycles. The van der Waals surface area contributed by atoms with E-state index in [1.807, 2.05) is 43.3 Å². The van der Waals surface area contributed by atoms with Crippen molar-refractivity contribution >= 4 is 11.9 Å². The molecule has 2 rings (SSSR count). The third kappa shape index (κ3) is 5.24. The van der Waals surface area contributed by atoms with Crippen LogP contribution in [0.4, 0.5) is 4.79 Å². The number of nitrogens with one attached hydrogen (secondary N) is 1. The Balaban J connectivity index is 2.03. The van der Waals surface area contributed by atoms with E-state index in [1.54, 1.807) is 24.1 Å². The van der Waals surface area contributed by atoms with Gasteiger partial charge in [-0.2, -0.15) is 0 Å². The fourth-order valence-electron chi connectivity index (χ4n) is 2.42. The highest BCUT2D eigenvalue weighted by atomic mass is 16.5. The third-order valence-electron chi connectivity index (χ3n) is 3.87. The molecule has 3 amide bonds. The zero-order chi connectivity index (χ0) is 18.2. The number of nitrogens with zero attached hydrogens (tertiary/aromatic N) is 1. The SMILES string of the molecule is CCN(Cc1ccc(OC)cc1)C(=O)c1ccc(CNC(N)=O)cc1. The molecular formula is C19H23N3O3. The molecule has 0 unspecified atom stereocenters. The normalized spacial score (nSPS) is 10.2. The Bertz CT molecular complexity index is 712. The minimum Gasteiger partial charge on any atom is -0.497 e. The van der Waals surface area contributed by atoms with E-state index < -0.39 is 6.03 Å². The van der Waals surface area contributed by atoms with Crippen molar-refractivity contribution < 1.29 is 14.3 Å². The van der Waals surface area contributed by atoms with Crippen LogP contribution in [0.15, 0.2) is 48.5 Å². The number of hydrogen-bond donors (Lipinski definition) is 2. The van der Waals surface area contributed by atoms with Crippen molar-refractivity contribution in [3.63, 3.8) is 0 Å². The monoisotopic (exact) mass is 341 g/mol. The molecule has 0 saturated heterocycles. The van der Waals surface area contributed by atoms with Crippen LogP contribution >= 0.6 is 0 Å². The summed E-state index contributed by atoms with van der Waals surface area (Å²) in [7, 11) is 1.62. The van der Waals surface area contributed by atoms with E-state index in [-0.39, 0.29) is 5.91 Å². The third-order valence-corrected chi connectivity index (χ3v) is 3.87. The summed E-state index contributed by atoms with van der Waals surface area (Å²) in [4.78, 5) is 25.2. The number of rotatable bonds is 7.